The number of benzene rings is 1. The van der Waals surface area contributed by atoms with E-state index in [0.717, 1.165) is 6.07 Å². The molecule has 0 saturated heterocycles. The Balaban J connectivity index is 3.78. The molecule has 0 aromatic heterocycles. The fourth-order valence-corrected chi connectivity index (χ4v) is 1.59. The number of ether oxygens (including phenoxy) is 1. The van der Waals surface area contributed by atoms with Gasteiger partial charge < -0.3 is 9.84 Å². The normalized spacial score (nSPS) is 10.1. The van der Waals surface area contributed by atoms with Gasteiger partial charge in [-0.15, -0.1) is 0 Å². The number of phenolic OH excluding ortho intramolecular Hbond substituents is 1. The van der Waals surface area contributed by atoms with Crippen molar-refractivity contribution in [3.63, 3.8) is 0 Å². The molecule has 0 saturated carbocycles. The lowest BCUT2D eigenvalue weighted by molar-refractivity contribution is -0.386. The van der Waals surface area contributed by atoms with E-state index in [1.807, 2.05) is 0 Å². The summed E-state index contributed by atoms with van der Waals surface area (Å²) in [7, 11) is 1.20. The molecule has 0 aliphatic rings. The Hall–Kier alpha value is -2.62. The molecule has 1 rings (SSSR count). The van der Waals surface area contributed by atoms with Crippen molar-refractivity contribution in [2.75, 3.05) is 7.11 Å². The van der Waals surface area contributed by atoms with E-state index in [9.17, 15) is 20.0 Å². The average Bonchev–Trinajstić information content (AvgIpc) is 2.36. The average molecular weight is 264 g/mol. The number of hydrogen-bond donors (Lipinski definition) is 1. The highest BCUT2D eigenvalue weighted by atomic mass is 16.6. The molecule has 0 atom stereocenters. The zero-order valence-corrected chi connectivity index (χ0v) is 10.6. The van der Waals surface area contributed by atoms with Crippen LogP contribution >= 0.6 is 0 Å². The fraction of sp³-hybridized carbons (Fsp3) is 0.333. The van der Waals surface area contributed by atoms with Crippen LogP contribution in [-0.4, -0.2) is 22.9 Å². The smallest absolute Gasteiger partial charge is 0.326 e. The van der Waals surface area contributed by atoms with E-state index in [-0.39, 0.29) is 16.9 Å². The Morgan fingerprint density at radius 2 is 2.16 bits per heavy atom. The number of carbonyl (C=O) groups excluding carboxylic acids is 1. The number of nitrogens with zero attached hydrogens (tertiary/aromatic N) is 2. The first-order valence-corrected chi connectivity index (χ1v) is 5.37. The maximum absolute atomic E-state index is 12.0. The van der Waals surface area contributed by atoms with Gasteiger partial charge in [0.25, 0.3) is 0 Å². The highest BCUT2D eigenvalue weighted by Gasteiger charge is 2.32. The first-order valence-electron chi connectivity index (χ1n) is 5.37. The van der Waals surface area contributed by atoms with Crippen LogP contribution < -0.4 is 4.74 Å². The van der Waals surface area contributed by atoms with Crippen molar-refractivity contribution in [3.8, 4) is 17.6 Å². The summed E-state index contributed by atoms with van der Waals surface area (Å²) in [6.07, 6.45) is 0. The van der Waals surface area contributed by atoms with Crippen LogP contribution in [0.5, 0.6) is 11.5 Å². The number of aromatic hydroxyl groups is 1. The van der Waals surface area contributed by atoms with Crippen LogP contribution in [0.4, 0.5) is 5.69 Å². The number of carbonyl (C=O) groups is 1. The van der Waals surface area contributed by atoms with E-state index in [0.29, 0.717) is 0 Å². The summed E-state index contributed by atoms with van der Waals surface area (Å²) >= 11 is 0. The number of nitro groups is 1. The predicted molar refractivity (Wildman–Crippen MR) is 65.2 cm³/mol. The highest BCUT2D eigenvalue weighted by molar-refractivity contribution is 6.04. The molecule has 1 N–H and O–H groups in total. The van der Waals surface area contributed by atoms with Crippen molar-refractivity contribution in [2.24, 2.45) is 5.92 Å². The number of nitriles is 1. The molecule has 0 bridgehead atoms. The van der Waals surface area contributed by atoms with Crippen LogP contribution in [-0.2, 0) is 0 Å². The lowest BCUT2D eigenvalue weighted by atomic mass is 9.94. The van der Waals surface area contributed by atoms with Gasteiger partial charge in [-0.05, 0) is 0 Å². The minimum atomic E-state index is -0.895. The number of hydrogen-bond acceptors (Lipinski definition) is 6. The molecule has 7 heteroatoms. The third kappa shape index (κ3) is 2.47. The Labute approximate surface area is 109 Å². The number of methoxy groups -OCH3 is 1. The Kier molecular flexibility index (Phi) is 4.07. The minimum absolute atomic E-state index is 0.194. The number of nitro benzene ring substituents is 1. The maximum atomic E-state index is 12.0. The van der Waals surface area contributed by atoms with Gasteiger partial charge in [-0.3, -0.25) is 14.9 Å². The summed E-state index contributed by atoms with van der Waals surface area (Å²) in [6, 6.07) is 2.82. The molecule has 0 heterocycles. The van der Waals surface area contributed by atoms with E-state index in [4.69, 9.17) is 10.00 Å². The van der Waals surface area contributed by atoms with Gasteiger partial charge in [0.15, 0.2) is 11.5 Å². The second kappa shape index (κ2) is 5.35. The first-order chi connectivity index (χ1) is 8.84. The molecule has 0 aliphatic heterocycles. The Morgan fingerprint density at radius 1 is 1.58 bits per heavy atom. The lowest BCUT2D eigenvalue weighted by Crippen LogP contribution is -2.13. The van der Waals surface area contributed by atoms with Crippen LogP contribution in [0.2, 0.25) is 0 Å². The fourth-order valence-electron chi connectivity index (χ4n) is 1.59. The summed E-state index contributed by atoms with van der Waals surface area (Å²) < 4.78 is 4.76. The Morgan fingerprint density at radius 3 is 2.53 bits per heavy atom. The van der Waals surface area contributed by atoms with Crippen molar-refractivity contribution in [2.45, 2.75) is 13.8 Å². The molecular weight excluding hydrogens is 252 g/mol. The highest BCUT2D eigenvalue weighted by Crippen LogP contribution is 2.41. The van der Waals surface area contributed by atoms with Gasteiger partial charge in [0.1, 0.15) is 11.6 Å². The van der Waals surface area contributed by atoms with Gasteiger partial charge >= 0.3 is 5.69 Å². The van der Waals surface area contributed by atoms with Crippen molar-refractivity contribution in [1.29, 1.82) is 5.26 Å². The second-order valence-electron chi connectivity index (χ2n) is 4.09. The van der Waals surface area contributed by atoms with Crippen LogP contribution in [0.3, 0.4) is 0 Å². The number of phenols is 1. The zero-order chi connectivity index (χ0) is 14.7. The standard InChI is InChI=1S/C12H12N2O5/c1-6(2)11(15)9-7(5-13)4-8(19-3)12(16)10(9)14(17)18/h4,6,16H,1-3H3. The molecule has 0 fully saturated rings. The van der Waals surface area contributed by atoms with Crippen LogP contribution in [0.25, 0.3) is 0 Å². The molecule has 0 aliphatic carbocycles. The summed E-state index contributed by atoms with van der Waals surface area (Å²) in [5.74, 6) is -2.10. The van der Waals surface area contributed by atoms with Crippen LogP contribution in [0.1, 0.15) is 29.8 Å². The molecule has 0 unspecified atom stereocenters. The van der Waals surface area contributed by atoms with Gasteiger partial charge in [0.2, 0.25) is 5.75 Å². The zero-order valence-electron chi connectivity index (χ0n) is 10.6. The van der Waals surface area contributed by atoms with Gasteiger partial charge in [-0.2, -0.15) is 5.26 Å². The van der Waals surface area contributed by atoms with E-state index in [1.165, 1.54) is 7.11 Å². The summed E-state index contributed by atoms with van der Waals surface area (Å²) in [5.41, 5.74) is -1.38. The first kappa shape index (κ1) is 14.4. The maximum Gasteiger partial charge on any atom is 0.326 e. The van der Waals surface area contributed by atoms with Gasteiger partial charge in [-0.25, -0.2) is 0 Å². The minimum Gasteiger partial charge on any atom is -0.499 e. The lowest BCUT2D eigenvalue weighted by Gasteiger charge is -2.11. The van der Waals surface area contributed by atoms with Crippen molar-refractivity contribution >= 4 is 11.5 Å². The van der Waals surface area contributed by atoms with E-state index < -0.39 is 28.1 Å². The predicted octanol–water partition coefficient (Wildman–Crippen LogP) is 2.02. The van der Waals surface area contributed by atoms with Crippen molar-refractivity contribution in [3.05, 3.63) is 27.3 Å². The molecule has 1 aromatic rings. The van der Waals surface area contributed by atoms with Crippen LogP contribution in [0, 0.1) is 27.4 Å². The molecule has 0 amide bonds. The van der Waals surface area contributed by atoms with Gasteiger partial charge in [0.05, 0.1) is 17.6 Å². The third-order valence-corrected chi connectivity index (χ3v) is 2.53. The summed E-state index contributed by atoms with van der Waals surface area (Å²) in [5, 5.41) is 29.8. The summed E-state index contributed by atoms with van der Waals surface area (Å²) in [4.78, 5) is 22.1. The molecule has 7 nitrogen and oxygen atoms in total. The molecule has 19 heavy (non-hydrogen) atoms. The van der Waals surface area contributed by atoms with Crippen molar-refractivity contribution < 1.29 is 19.6 Å². The quantitative estimate of drug-likeness (QED) is 0.505. The Bertz CT molecular complexity index is 587. The number of rotatable bonds is 4. The van der Waals surface area contributed by atoms with Gasteiger partial charge in [-0.1, -0.05) is 13.8 Å². The summed E-state index contributed by atoms with van der Waals surface area (Å²) in [6.45, 7) is 3.10. The third-order valence-electron chi connectivity index (χ3n) is 2.53. The molecule has 0 spiro atoms. The van der Waals surface area contributed by atoms with E-state index >= 15 is 0 Å². The van der Waals surface area contributed by atoms with Crippen LogP contribution in [0.15, 0.2) is 6.07 Å². The van der Waals surface area contributed by atoms with Gasteiger partial charge in [0, 0.05) is 12.0 Å². The van der Waals surface area contributed by atoms with E-state index in [1.54, 1.807) is 19.9 Å². The van der Waals surface area contributed by atoms with E-state index in [2.05, 4.69) is 0 Å². The largest absolute Gasteiger partial charge is 0.499 e. The molecule has 100 valence electrons. The number of Topliss-reactive ketones (excluding diaryl/α,β-unsaturated/α-hetero) is 1. The van der Waals surface area contributed by atoms with Crippen molar-refractivity contribution in [1.82, 2.24) is 0 Å². The SMILES string of the molecule is COc1cc(C#N)c(C(=O)C(C)C)c([N+](=O)[O-])c1O. The number of ketones is 1. The second-order valence-corrected chi connectivity index (χ2v) is 4.09. The molecular formula is C12H12N2O5. The molecule has 0 radical (unpaired) electrons. The topological polar surface area (TPSA) is 113 Å². The molecule has 1 aromatic carbocycles. The monoisotopic (exact) mass is 264 g/mol.